The van der Waals surface area contributed by atoms with Crippen LogP contribution in [0.2, 0.25) is 0 Å². The van der Waals surface area contributed by atoms with Crippen molar-refractivity contribution in [2.45, 2.75) is 6.42 Å². The second kappa shape index (κ2) is 9.63. The molecule has 0 fully saturated rings. The van der Waals surface area contributed by atoms with E-state index in [4.69, 9.17) is 0 Å². The molecule has 0 spiro atoms. The molecule has 0 atom stereocenters. The third-order valence-electron chi connectivity index (χ3n) is 4.96. The molecule has 0 saturated heterocycles. The molecule has 0 saturated carbocycles. The topological polar surface area (TPSA) is 66.4 Å². The van der Waals surface area contributed by atoms with Gasteiger partial charge in [-0.2, -0.15) is 0 Å². The van der Waals surface area contributed by atoms with Gasteiger partial charge in [-0.1, -0.05) is 24.3 Å². The summed E-state index contributed by atoms with van der Waals surface area (Å²) in [6, 6.07) is 14.9. The smallest absolute Gasteiger partial charge is 0.251 e. The van der Waals surface area contributed by atoms with Crippen LogP contribution in [0.25, 0.3) is 12.2 Å². The van der Waals surface area contributed by atoms with Gasteiger partial charge in [0.15, 0.2) is 0 Å². The van der Waals surface area contributed by atoms with Gasteiger partial charge >= 0.3 is 0 Å². The lowest BCUT2D eigenvalue weighted by atomic mass is 10.2. The number of para-hydroxylation sites is 2. The summed E-state index contributed by atoms with van der Waals surface area (Å²) in [5.41, 5.74) is 3.17. The highest BCUT2D eigenvalue weighted by atomic mass is 16.2. The first-order chi connectivity index (χ1) is 15.2. The zero-order chi connectivity index (χ0) is 21.5. The first-order valence-electron chi connectivity index (χ1n) is 10.1. The molecular weight excluding hydrogens is 388 g/mol. The van der Waals surface area contributed by atoms with E-state index in [0.29, 0.717) is 19.5 Å². The van der Waals surface area contributed by atoms with Crippen LogP contribution in [0.15, 0.2) is 85.5 Å². The number of fused-ring (bicyclic) bond motifs is 1. The lowest BCUT2D eigenvalue weighted by molar-refractivity contribution is -0.114. The second-order valence-electron chi connectivity index (χ2n) is 7.06. The molecule has 4 rings (SSSR count). The van der Waals surface area contributed by atoms with Crippen molar-refractivity contribution in [2.75, 3.05) is 22.9 Å². The van der Waals surface area contributed by atoms with Crippen molar-refractivity contribution in [3.63, 3.8) is 0 Å². The van der Waals surface area contributed by atoms with E-state index in [2.05, 4.69) is 9.97 Å². The van der Waals surface area contributed by atoms with E-state index in [0.717, 1.165) is 22.5 Å². The second-order valence-corrected chi connectivity index (χ2v) is 7.06. The fourth-order valence-electron chi connectivity index (χ4n) is 3.47. The first-order valence-corrected chi connectivity index (χ1v) is 10.1. The van der Waals surface area contributed by atoms with E-state index in [-0.39, 0.29) is 11.8 Å². The molecule has 1 aromatic carbocycles. The highest BCUT2D eigenvalue weighted by molar-refractivity contribution is 6.10. The van der Waals surface area contributed by atoms with E-state index in [1.54, 1.807) is 58.9 Å². The van der Waals surface area contributed by atoms with Gasteiger partial charge in [-0.05, 0) is 54.0 Å². The number of rotatable bonds is 4. The largest absolute Gasteiger partial charge is 0.307 e. The molecule has 3 aromatic rings. The summed E-state index contributed by atoms with van der Waals surface area (Å²) in [7, 11) is 0. The van der Waals surface area contributed by atoms with E-state index in [9.17, 15) is 9.59 Å². The zero-order valence-corrected chi connectivity index (χ0v) is 17.0. The summed E-state index contributed by atoms with van der Waals surface area (Å²) >= 11 is 0. The Bertz CT molecular complexity index is 1020. The Morgan fingerprint density at radius 3 is 1.61 bits per heavy atom. The molecule has 6 nitrogen and oxygen atoms in total. The molecule has 0 aliphatic carbocycles. The summed E-state index contributed by atoms with van der Waals surface area (Å²) in [6.45, 7) is 1.06. The molecular formula is C25H22N4O2. The molecule has 3 heterocycles. The van der Waals surface area contributed by atoms with Crippen molar-refractivity contribution in [3.8, 4) is 0 Å². The minimum Gasteiger partial charge on any atom is -0.307 e. The van der Waals surface area contributed by atoms with Crippen LogP contribution in [0.3, 0.4) is 0 Å². The predicted octanol–water partition coefficient (Wildman–Crippen LogP) is 3.97. The molecule has 31 heavy (non-hydrogen) atoms. The summed E-state index contributed by atoms with van der Waals surface area (Å²) in [5, 5.41) is 0. The fourth-order valence-corrected chi connectivity index (χ4v) is 3.47. The predicted molar refractivity (Wildman–Crippen MR) is 122 cm³/mol. The third-order valence-corrected chi connectivity index (χ3v) is 4.96. The van der Waals surface area contributed by atoms with E-state index in [1.165, 1.54) is 0 Å². The molecule has 6 heteroatoms. The van der Waals surface area contributed by atoms with Crippen molar-refractivity contribution in [1.82, 2.24) is 9.97 Å². The van der Waals surface area contributed by atoms with Gasteiger partial charge in [0.05, 0.1) is 11.4 Å². The highest BCUT2D eigenvalue weighted by Gasteiger charge is 2.25. The number of benzene rings is 1. The average molecular weight is 410 g/mol. The number of hydrogen-bond acceptors (Lipinski definition) is 4. The van der Waals surface area contributed by atoms with Crippen molar-refractivity contribution >= 4 is 35.3 Å². The number of carbonyl (C=O) groups excluding carboxylic acids is 2. The van der Waals surface area contributed by atoms with E-state index < -0.39 is 0 Å². The molecule has 0 radical (unpaired) electrons. The normalized spacial score (nSPS) is 13.9. The zero-order valence-electron chi connectivity index (χ0n) is 17.0. The number of hydrogen-bond donors (Lipinski definition) is 0. The Morgan fingerprint density at radius 1 is 0.710 bits per heavy atom. The summed E-state index contributed by atoms with van der Waals surface area (Å²) in [6.07, 6.45) is 14.1. The Kier molecular flexibility index (Phi) is 6.28. The molecule has 1 aliphatic rings. The highest BCUT2D eigenvalue weighted by Crippen LogP contribution is 2.32. The molecule has 154 valence electrons. The van der Waals surface area contributed by atoms with Crippen LogP contribution in [0.5, 0.6) is 0 Å². The van der Waals surface area contributed by atoms with Crippen LogP contribution >= 0.6 is 0 Å². The molecule has 0 N–H and O–H groups in total. The minimum absolute atomic E-state index is 0.128. The summed E-state index contributed by atoms with van der Waals surface area (Å²) in [5.74, 6) is -0.256. The fraction of sp³-hybridized carbons (Fsp3) is 0.120. The number of nitrogens with zero attached hydrogens (tertiary/aromatic N) is 4. The van der Waals surface area contributed by atoms with Crippen LogP contribution < -0.4 is 9.80 Å². The van der Waals surface area contributed by atoms with Gasteiger partial charge in [0.2, 0.25) is 0 Å². The standard InChI is InChI=1S/C25H22N4O2/c30-24(12-10-20-6-3-14-26-18-20)28-16-5-17-29(23-9-2-1-8-22(23)28)25(31)13-11-21-7-4-15-27-19-21/h1-4,6-15,18-19H,5,16-17H2/b12-10+,13-11+. The van der Waals surface area contributed by atoms with Crippen LogP contribution in [-0.2, 0) is 9.59 Å². The Hall–Kier alpha value is -4.06. The van der Waals surface area contributed by atoms with Crippen LogP contribution in [0.4, 0.5) is 11.4 Å². The van der Waals surface area contributed by atoms with Gasteiger partial charge in [0.1, 0.15) is 0 Å². The number of aromatic nitrogens is 2. The SMILES string of the molecule is O=C(/C=C/c1cccnc1)N1CCCN(C(=O)/C=C/c2cccnc2)c2ccccc21. The molecule has 0 unspecified atom stereocenters. The van der Waals surface area contributed by atoms with Gasteiger partial charge in [-0.3, -0.25) is 19.6 Å². The van der Waals surface area contributed by atoms with Gasteiger partial charge in [0, 0.05) is 50.0 Å². The van der Waals surface area contributed by atoms with Crippen LogP contribution in [-0.4, -0.2) is 34.9 Å². The molecule has 2 amide bonds. The summed E-state index contributed by atoms with van der Waals surface area (Å²) < 4.78 is 0. The van der Waals surface area contributed by atoms with Crippen molar-refractivity contribution in [2.24, 2.45) is 0 Å². The molecule has 0 bridgehead atoms. The number of anilines is 2. The molecule has 2 aromatic heterocycles. The lowest BCUT2D eigenvalue weighted by Gasteiger charge is -2.24. The first kappa shape index (κ1) is 20.2. The average Bonchev–Trinajstić information content (AvgIpc) is 3.02. The lowest BCUT2D eigenvalue weighted by Crippen LogP contribution is -2.29. The summed E-state index contributed by atoms with van der Waals surface area (Å²) in [4.78, 5) is 37.5. The van der Waals surface area contributed by atoms with Gasteiger partial charge in [-0.25, -0.2) is 0 Å². The number of carbonyl (C=O) groups is 2. The van der Waals surface area contributed by atoms with E-state index in [1.807, 2.05) is 48.5 Å². The quantitative estimate of drug-likeness (QED) is 0.611. The Balaban J connectivity index is 1.57. The van der Waals surface area contributed by atoms with Crippen molar-refractivity contribution < 1.29 is 9.59 Å². The molecule has 1 aliphatic heterocycles. The maximum absolute atomic E-state index is 13.0. The maximum Gasteiger partial charge on any atom is 0.251 e. The minimum atomic E-state index is -0.128. The number of pyridine rings is 2. The monoisotopic (exact) mass is 410 g/mol. The van der Waals surface area contributed by atoms with E-state index >= 15 is 0 Å². The number of amides is 2. The Labute approximate surface area is 181 Å². The van der Waals surface area contributed by atoms with Gasteiger partial charge in [0.25, 0.3) is 11.8 Å². The maximum atomic E-state index is 13.0. The van der Waals surface area contributed by atoms with Crippen LogP contribution in [0.1, 0.15) is 17.5 Å². The van der Waals surface area contributed by atoms with Gasteiger partial charge < -0.3 is 9.80 Å². The van der Waals surface area contributed by atoms with Crippen molar-refractivity contribution in [3.05, 3.63) is 96.6 Å². The third kappa shape index (κ3) is 4.93. The van der Waals surface area contributed by atoms with Crippen LogP contribution in [0, 0.1) is 0 Å². The van der Waals surface area contributed by atoms with Gasteiger partial charge in [-0.15, -0.1) is 0 Å². The van der Waals surface area contributed by atoms with Crippen molar-refractivity contribution in [1.29, 1.82) is 0 Å². The Morgan fingerprint density at radius 2 is 1.19 bits per heavy atom.